The van der Waals surface area contributed by atoms with E-state index in [1.54, 1.807) is 0 Å². The van der Waals surface area contributed by atoms with E-state index in [1.165, 1.54) is 36.8 Å². The molecule has 0 aromatic heterocycles. The van der Waals surface area contributed by atoms with Crippen molar-refractivity contribution in [2.45, 2.75) is 65.5 Å². The fourth-order valence-electron chi connectivity index (χ4n) is 3.11. The summed E-state index contributed by atoms with van der Waals surface area (Å²) in [4.78, 5) is 2.43. The van der Waals surface area contributed by atoms with Gasteiger partial charge in [-0.3, -0.25) is 4.90 Å². The largest absolute Gasteiger partial charge is 0.491 e. The highest BCUT2D eigenvalue weighted by Gasteiger charge is 2.33. The summed E-state index contributed by atoms with van der Waals surface area (Å²) in [6.07, 6.45) is 4.26. The van der Waals surface area contributed by atoms with Crippen LogP contribution in [0.4, 0.5) is 0 Å². The van der Waals surface area contributed by atoms with Crippen molar-refractivity contribution in [2.24, 2.45) is 0 Å². The van der Waals surface area contributed by atoms with E-state index in [4.69, 9.17) is 4.74 Å². The van der Waals surface area contributed by atoms with E-state index >= 15 is 0 Å². The second kappa shape index (κ2) is 7.98. The SMILES string of the molecule is CCCCN(CCCC)C1COc2cc(C)c(C)cc2C1O. The molecule has 0 fully saturated rings. The van der Waals surface area contributed by atoms with Crippen molar-refractivity contribution >= 4 is 0 Å². The van der Waals surface area contributed by atoms with E-state index in [9.17, 15) is 5.11 Å². The van der Waals surface area contributed by atoms with Crippen LogP contribution in [0.25, 0.3) is 0 Å². The highest BCUT2D eigenvalue weighted by molar-refractivity contribution is 5.44. The molecule has 0 spiro atoms. The minimum atomic E-state index is -0.447. The lowest BCUT2D eigenvalue weighted by Crippen LogP contribution is -2.46. The van der Waals surface area contributed by atoms with Gasteiger partial charge in [0.15, 0.2) is 0 Å². The fraction of sp³-hybridized carbons (Fsp3) is 0.684. The Bertz CT molecular complexity index is 479. The van der Waals surface area contributed by atoms with Crippen molar-refractivity contribution in [2.75, 3.05) is 19.7 Å². The summed E-state index contributed by atoms with van der Waals surface area (Å²) in [5, 5.41) is 10.9. The number of nitrogens with zero attached hydrogens (tertiary/aromatic N) is 1. The maximum Gasteiger partial charge on any atom is 0.125 e. The van der Waals surface area contributed by atoms with Gasteiger partial charge in [0.25, 0.3) is 0 Å². The normalized spacial score (nSPS) is 20.8. The van der Waals surface area contributed by atoms with Crippen molar-refractivity contribution in [3.63, 3.8) is 0 Å². The second-order valence-electron chi connectivity index (χ2n) is 6.54. The van der Waals surface area contributed by atoms with Gasteiger partial charge in [0.1, 0.15) is 18.5 Å². The third-order valence-corrected chi connectivity index (χ3v) is 4.79. The Kier molecular flexibility index (Phi) is 6.27. The summed E-state index contributed by atoms with van der Waals surface area (Å²) in [5.41, 5.74) is 3.39. The summed E-state index contributed by atoms with van der Waals surface area (Å²) in [6.45, 7) is 11.3. The van der Waals surface area contributed by atoms with E-state index in [1.807, 2.05) is 0 Å². The predicted molar refractivity (Wildman–Crippen MR) is 91.5 cm³/mol. The average molecular weight is 305 g/mol. The number of aryl methyl sites for hydroxylation is 2. The molecule has 3 nitrogen and oxygen atoms in total. The second-order valence-corrected chi connectivity index (χ2v) is 6.54. The van der Waals surface area contributed by atoms with Crippen LogP contribution in [0.1, 0.15) is 62.3 Å². The Morgan fingerprint density at radius 3 is 2.27 bits per heavy atom. The molecule has 22 heavy (non-hydrogen) atoms. The number of aliphatic hydroxyl groups is 1. The Labute approximate surface area is 135 Å². The van der Waals surface area contributed by atoms with Crippen LogP contribution in [0.15, 0.2) is 12.1 Å². The molecule has 0 saturated heterocycles. The molecule has 1 aliphatic heterocycles. The third kappa shape index (κ3) is 3.82. The summed E-state index contributed by atoms with van der Waals surface area (Å²) in [5.74, 6) is 0.859. The summed E-state index contributed by atoms with van der Waals surface area (Å²) >= 11 is 0. The van der Waals surface area contributed by atoms with Crippen molar-refractivity contribution < 1.29 is 9.84 Å². The smallest absolute Gasteiger partial charge is 0.125 e. The van der Waals surface area contributed by atoms with Gasteiger partial charge in [-0.15, -0.1) is 0 Å². The first-order chi connectivity index (χ1) is 10.6. The van der Waals surface area contributed by atoms with Crippen molar-refractivity contribution in [1.29, 1.82) is 0 Å². The van der Waals surface area contributed by atoms with Gasteiger partial charge in [-0.1, -0.05) is 26.7 Å². The van der Waals surface area contributed by atoms with Gasteiger partial charge < -0.3 is 9.84 Å². The van der Waals surface area contributed by atoms with Crippen molar-refractivity contribution in [3.8, 4) is 5.75 Å². The molecule has 2 atom stereocenters. The van der Waals surface area contributed by atoms with Gasteiger partial charge in [-0.25, -0.2) is 0 Å². The van der Waals surface area contributed by atoms with E-state index in [0.29, 0.717) is 6.61 Å². The van der Waals surface area contributed by atoms with Gasteiger partial charge in [-0.2, -0.15) is 0 Å². The van der Waals surface area contributed by atoms with Gasteiger partial charge in [0.2, 0.25) is 0 Å². The van der Waals surface area contributed by atoms with Crippen LogP contribution in [0.5, 0.6) is 5.75 Å². The van der Waals surface area contributed by atoms with Gasteiger partial charge in [0.05, 0.1) is 6.04 Å². The highest BCUT2D eigenvalue weighted by atomic mass is 16.5. The lowest BCUT2D eigenvalue weighted by Gasteiger charge is -2.38. The van der Waals surface area contributed by atoms with Crippen LogP contribution in [-0.2, 0) is 0 Å². The van der Waals surface area contributed by atoms with E-state index in [2.05, 4.69) is 44.7 Å². The number of ether oxygens (including phenoxy) is 1. The Balaban J connectivity index is 2.18. The minimum Gasteiger partial charge on any atom is -0.491 e. The molecule has 1 aliphatic rings. The van der Waals surface area contributed by atoms with Gasteiger partial charge in [-0.05, 0) is 63.0 Å². The zero-order valence-corrected chi connectivity index (χ0v) is 14.6. The van der Waals surface area contributed by atoms with Crippen LogP contribution in [0.3, 0.4) is 0 Å². The minimum absolute atomic E-state index is 0.0766. The Hall–Kier alpha value is -1.06. The molecule has 1 N–H and O–H groups in total. The number of benzene rings is 1. The van der Waals surface area contributed by atoms with Gasteiger partial charge >= 0.3 is 0 Å². The molecule has 0 aliphatic carbocycles. The molecule has 1 aromatic carbocycles. The summed E-state index contributed by atoms with van der Waals surface area (Å²) in [7, 11) is 0. The molecule has 0 radical (unpaired) electrons. The van der Waals surface area contributed by atoms with Crippen LogP contribution in [0.2, 0.25) is 0 Å². The van der Waals surface area contributed by atoms with Crippen LogP contribution in [-0.4, -0.2) is 35.7 Å². The molecule has 1 heterocycles. The summed E-state index contributed by atoms with van der Waals surface area (Å²) < 4.78 is 5.98. The quantitative estimate of drug-likeness (QED) is 0.826. The van der Waals surface area contributed by atoms with Crippen molar-refractivity contribution in [1.82, 2.24) is 4.90 Å². The van der Waals surface area contributed by atoms with E-state index in [0.717, 1.165) is 24.4 Å². The maximum absolute atomic E-state index is 10.9. The Morgan fingerprint density at radius 1 is 1.09 bits per heavy atom. The zero-order valence-electron chi connectivity index (χ0n) is 14.6. The molecule has 1 aromatic rings. The number of hydrogen-bond acceptors (Lipinski definition) is 3. The van der Waals surface area contributed by atoms with Crippen LogP contribution in [0, 0.1) is 13.8 Å². The number of fused-ring (bicyclic) bond motifs is 1. The monoisotopic (exact) mass is 305 g/mol. The lowest BCUT2D eigenvalue weighted by molar-refractivity contribution is 0.00207. The molecular weight excluding hydrogens is 274 g/mol. The maximum atomic E-state index is 10.9. The molecule has 2 unspecified atom stereocenters. The number of hydrogen-bond donors (Lipinski definition) is 1. The highest BCUT2D eigenvalue weighted by Crippen LogP contribution is 2.36. The molecule has 0 saturated carbocycles. The fourth-order valence-corrected chi connectivity index (χ4v) is 3.11. The van der Waals surface area contributed by atoms with Crippen LogP contribution < -0.4 is 4.74 Å². The molecule has 2 rings (SSSR count). The first-order valence-corrected chi connectivity index (χ1v) is 8.74. The lowest BCUT2D eigenvalue weighted by atomic mass is 9.94. The number of unbranched alkanes of at least 4 members (excludes halogenated alkanes) is 2. The molecule has 3 heteroatoms. The molecular formula is C19H31NO2. The third-order valence-electron chi connectivity index (χ3n) is 4.79. The van der Waals surface area contributed by atoms with Crippen molar-refractivity contribution in [3.05, 3.63) is 28.8 Å². The van der Waals surface area contributed by atoms with Gasteiger partial charge in [0, 0.05) is 5.56 Å². The zero-order chi connectivity index (χ0) is 16.1. The molecule has 0 bridgehead atoms. The first kappa shape index (κ1) is 17.3. The predicted octanol–water partition coefficient (Wildman–Crippen LogP) is 4.00. The topological polar surface area (TPSA) is 32.7 Å². The standard InChI is InChI=1S/C19H31NO2/c1-5-7-9-20(10-8-6-2)17-13-22-18-12-15(4)14(3)11-16(18)19(17)21/h11-12,17,19,21H,5-10,13H2,1-4H3. The average Bonchev–Trinajstić information content (AvgIpc) is 2.51. The molecule has 124 valence electrons. The first-order valence-electron chi connectivity index (χ1n) is 8.74. The number of rotatable bonds is 7. The molecule has 0 amide bonds. The summed E-state index contributed by atoms with van der Waals surface area (Å²) in [6, 6.07) is 4.24. The van der Waals surface area contributed by atoms with E-state index < -0.39 is 6.10 Å². The Morgan fingerprint density at radius 2 is 1.68 bits per heavy atom. The van der Waals surface area contributed by atoms with Crippen LogP contribution >= 0.6 is 0 Å². The van der Waals surface area contributed by atoms with E-state index in [-0.39, 0.29) is 6.04 Å². The number of aliphatic hydroxyl groups excluding tert-OH is 1.